The molecule has 0 aliphatic carbocycles. The SMILES string of the molecule is CCc1cc(CC(CN)Cc2cccc(F)c2)n(C)n1. The van der Waals surface area contributed by atoms with E-state index in [1.807, 2.05) is 17.8 Å². The number of aromatic nitrogens is 2. The van der Waals surface area contributed by atoms with E-state index in [1.165, 1.54) is 11.8 Å². The number of benzene rings is 1. The number of nitrogens with zero attached hydrogens (tertiary/aromatic N) is 2. The predicted octanol–water partition coefficient (Wildman–Crippen LogP) is 2.48. The fourth-order valence-corrected chi connectivity index (χ4v) is 2.47. The van der Waals surface area contributed by atoms with Crippen molar-refractivity contribution in [3.63, 3.8) is 0 Å². The first-order chi connectivity index (χ1) is 9.62. The van der Waals surface area contributed by atoms with E-state index in [9.17, 15) is 4.39 Å². The van der Waals surface area contributed by atoms with Gasteiger partial charge < -0.3 is 5.73 Å². The number of aryl methyl sites for hydroxylation is 2. The van der Waals surface area contributed by atoms with Gasteiger partial charge in [-0.3, -0.25) is 4.68 Å². The summed E-state index contributed by atoms with van der Waals surface area (Å²) in [7, 11) is 1.96. The van der Waals surface area contributed by atoms with Gasteiger partial charge in [0.2, 0.25) is 0 Å². The number of halogens is 1. The number of nitrogens with two attached hydrogens (primary N) is 1. The highest BCUT2D eigenvalue weighted by atomic mass is 19.1. The Hall–Kier alpha value is -1.68. The standard InChI is InChI=1S/C16H22FN3/c1-3-15-10-16(20(2)19-15)9-13(11-18)7-12-5-4-6-14(17)8-12/h4-6,8,10,13H,3,7,9,11,18H2,1-2H3. The van der Waals surface area contributed by atoms with Crippen LogP contribution in [0.1, 0.15) is 23.9 Å². The summed E-state index contributed by atoms with van der Waals surface area (Å²) in [6, 6.07) is 8.89. The van der Waals surface area contributed by atoms with Gasteiger partial charge in [0, 0.05) is 12.7 Å². The number of rotatable bonds is 6. The molecule has 0 bridgehead atoms. The molecule has 0 spiro atoms. The largest absolute Gasteiger partial charge is 0.330 e. The molecule has 0 aliphatic heterocycles. The maximum absolute atomic E-state index is 13.2. The molecule has 1 aromatic heterocycles. The van der Waals surface area contributed by atoms with E-state index in [-0.39, 0.29) is 5.82 Å². The van der Waals surface area contributed by atoms with Crippen molar-refractivity contribution in [2.45, 2.75) is 26.2 Å². The molecule has 20 heavy (non-hydrogen) atoms. The normalized spacial score (nSPS) is 12.6. The summed E-state index contributed by atoms with van der Waals surface area (Å²) in [5.41, 5.74) is 9.16. The summed E-state index contributed by atoms with van der Waals surface area (Å²) in [6.07, 6.45) is 2.60. The maximum atomic E-state index is 13.2. The summed E-state index contributed by atoms with van der Waals surface area (Å²) in [5.74, 6) is 0.115. The Morgan fingerprint density at radius 3 is 2.70 bits per heavy atom. The van der Waals surface area contributed by atoms with Gasteiger partial charge in [0.25, 0.3) is 0 Å². The van der Waals surface area contributed by atoms with E-state index in [2.05, 4.69) is 18.1 Å². The van der Waals surface area contributed by atoms with Crippen molar-refractivity contribution in [2.75, 3.05) is 6.54 Å². The van der Waals surface area contributed by atoms with Gasteiger partial charge in [-0.15, -0.1) is 0 Å². The first-order valence-electron chi connectivity index (χ1n) is 7.08. The van der Waals surface area contributed by atoms with E-state index >= 15 is 0 Å². The zero-order chi connectivity index (χ0) is 14.5. The highest BCUT2D eigenvalue weighted by Crippen LogP contribution is 2.15. The van der Waals surface area contributed by atoms with Crippen LogP contribution in [0, 0.1) is 11.7 Å². The van der Waals surface area contributed by atoms with Crippen molar-refractivity contribution in [3.05, 3.63) is 53.1 Å². The van der Waals surface area contributed by atoms with Crippen molar-refractivity contribution in [3.8, 4) is 0 Å². The molecule has 108 valence electrons. The minimum atomic E-state index is -0.188. The number of hydrogen-bond donors (Lipinski definition) is 1. The molecule has 1 heterocycles. The molecule has 2 aromatic rings. The maximum Gasteiger partial charge on any atom is 0.123 e. The monoisotopic (exact) mass is 275 g/mol. The molecule has 0 saturated heterocycles. The average molecular weight is 275 g/mol. The third-order valence-electron chi connectivity index (χ3n) is 3.63. The van der Waals surface area contributed by atoms with Gasteiger partial charge in [0.15, 0.2) is 0 Å². The molecular formula is C16H22FN3. The molecule has 4 heteroatoms. The van der Waals surface area contributed by atoms with Crippen molar-refractivity contribution in [1.29, 1.82) is 0 Å². The van der Waals surface area contributed by atoms with E-state index < -0.39 is 0 Å². The molecule has 2 N–H and O–H groups in total. The van der Waals surface area contributed by atoms with Crippen molar-refractivity contribution in [2.24, 2.45) is 18.7 Å². The molecule has 0 aliphatic rings. The van der Waals surface area contributed by atoms with Gasteiger partial charge >= 0.3 is 0 Å². The van der Waals surface area contributed by atoms with Crippen LogP contribution in [0.15, 0.2) is 30.3 Å². The van der Waals surface area contributed by atoms with Crippen LogP contribution in [0.5, 0.6) is 0 Å². The second-order valence-corrected chi connectivity index (χ2v) is 5.24. The zero-order valence-corrected chi connectivity index (χ0v) is 12.1. The molecule has 0 saturated carbocycles. The van der Waals surface area contributed by atoms with Crippen LogP contribution < -0.4 is 5.73 Å². The van der Waals surface area contributed by atoms with Crippen LogP contribution >= 0.6 is 0 Å². The molecule has 3 nitrogen and oxygen atoms in total. The van der Waals surface area contributed by atoms with Gasteiger partial charge in [-0.1, -0.05) is 19.1 Å². The van der Waals surface area contributed by atoms with Crippen molar-refractivity contribution >= 4 is 0 Å². The van der Waals surface area contributed by atoms with E-state index in [1.54, 1.807) is 12.1 Å². The lowest BCUT2D eigenvalue weighted by Crippen LogP contribution is -2.20. The summed E-state index contributed by atoms with van der Waals surface area (Å²) in [4.78, 5) is 0. The molecule has 0 radical (unpaired) electrons. The summed E-state index contributed by atoms with van der Waals surface area (Å²) in [5, 5.41) is 4.45. The van der Waals surface area contributed by atoms with E-state index in [0.29, 0.717) is 12.5 Å². The lowest BCUT2D eigenvalue weighted by Gasteiger charge is -2.15. The topological polar surface area (TPSA) is 43.8 Å². The fraction of sp³-hybridized carbons (Fsp3) is 0.438. The van der Waals surface area contributed by atoms with Gasteiger partial charge in [0.05, 0.1) is 5.69 Å². The average Bonchev–Trinajstić information content (AvgIpc) is 2.78. The Morgan fingerprint density at radius 2 is 2.10 bits per heavy atom. The summed E-state index contributed by atoms with van der Waals surface area (Å²) >= 11 is 0. The van der Waals surface area contributed by atoms with Crippen molar-refractivity contribution < 1.29 is 4.39 Å². The van der Waals surface area contributed by atoms with E-state index in [4.69, 9.17) is 5.73 Å². The van der Waals surface area contributed by atoms with Crippen LogP contribution in [-0.2, 0) is 26.3 Å². The van der Waals surface area contributed by atoms with E-state index in [0.717, 1.165) is 30.5 Å². The molecule has 1 unspecified atom stereocenters. The van der Waals surface area contributed by atoms with Gasteiger partial charge in [0.1, 0.15) is 5.82 Å². The molecule has 1 atom stereocenters. The van der Waals surface area contributed by atoms with Crippen LogP contribution in [0.25, 0.3) is 0 Å². The Labute approximate surface area is 119 Å². The molecule has 0 amide bonds. The minimum absolute atomic E-state index is 0.188. The Bertz CT molecular complexity index is 563. The molecule has 2 rings (SSSR count). The lowest BCUT2D eigenvalue weighted by atomic mass is 9.94. The second kappa shape index (κ2) is 6.66. The summed E-state index contributed by atoms with van der Waals surface area (Å²) in [6.45, 7) is 2.68. The molecular weight excluding hydrogens is 253 g/mol. The highest BCUT2D eigenvalue weighted by molar-refractivity contribution is 5.18. The summed E-state index contributed by atoms with van der Waals surface area (Å²) < 4.78 is 15.1. The van der Waals surface area contributed by atoms with Crippen LogP contribution in [-0.4, -0.2) is 16.3 Å². The third-order valence-corrected chi connectivity index (χ3v) is 3.63. The Kier molecular flexibility index (Phi) is 4.90. The first-order valence-corrected chi connectivity index (χ1v) is 7.08. The van der Waals surface area contributed by atoms with Crippen LogP contribution in [0.4, 0.5) is 4.39 Å². The smallest absolute Gasteiger partial charge is 0.123 e. The first kappa shape index (κ1) is 14.7. The van der Waals surface area contributed by atoms with Crippen LogP contribution in [0.3, 0.4) is 0 Å². The number of hydrogen-bond acceptors (Lipinski definition) is 2. The van der Waals surface area contributed by atoms with Gasteiger partial charge in [-0.05, 0) is 55.5 Å². The van der Waals surface area contributed by atoms with Crippen LogP contribution in [0.2, 0.25) is 0 Å². The molecule has 0 fully saturated rings. The minimum Gasteiger partial charge on any atom is -0.330 e. The second-order valence-electron chi connectivity index (χ2n) is 5.24. The predicted molar refractivity (Wildman–Crippen MR) is 78.9 cm³/mol. The highest BCUT2D eigenvalue weighted by Gasteiger charge is 2.13. The van der Waals surface area contributed by atoms with Gasteiger partial charge in [-0.25, -0.2) is 4.39 Å². The van der Waals surface area contributed by atoms with Crippen molar-refractivity contribution in [1.82, 2.24) is 9.78 Å². The fourth-order valence-electron chi connectivity index (χ4n) is 2.47. The quantitative estimate of drug-likeness (QED) is 0.880. The Morgan fingerprint density at radius 1 is 1.30 bits per heavy atom. The van der Waals surface area contributed by atoms with Gasteiger partial charge in [-0.2, -0.15) is 5.10 Å². The Balaban J connectivity index is 2.06. The lowest BCUT2D eigenvalue weighted by molar-refractivity contribution is 0.508. The zero-order valence-electron chi connectivity index (χ0n) is 12.1. The third kappa shape index (κ3) is 3.67. The molecule has 1 aromatic carbocycles.